The van der Waals surface area contributed by atoms with E-state index in [2.05, 4.69) is 29.1 Å². The number of sulfone groups is 1. The Morgan fingerprint density at radius 2 is 2.04 bits per heavy atom. The molecule has 0 bridgehead atoms. The number of hydrogen-bond donors (Lipinski definition) is 1. The van der Waals surface area contributed by atoms with E-state index in [1.165, 1.54) is 0 Å². The maximum Gasteiger partial charge on any atom is 0.194 e. The molecule has 7 heteroatoms. The molecule has 0 aromatic heterocycles. The molecule has 1 fully saturated rings. The predicted octanol–water partition coefficient (Wildman–Crippen LogP) is 2.25. The molecule has 0 spiro atoms. The third-order valence-corrected chi connectivity index (χ3v) is 6.79. The third-order valence-electron chi connectivity index (χ3n) is 3.78. The van der Waals surface area contributed by atoms with Crippen LogP contribution < -0.4 is 5.32 Å². The van der Waals surface area contributed by atoms with Gasteiger partial charge < -0.3 is 10.2 Å². The van der Waals surface area contributed by atoms with Crippen LogP contribution in [0.25, 0.3) is 0 Å². The molecule has 1 saturated heterocycles. The molecular formula is C17H27N3O2S2. The second kappa shape index (κ2) is 8.25. The topological polar surface area (TPSA) is 61.8 Å². The fraction of sp³-hybridized carbons (Fsp3) is 0.588. The SMILES string of the molecule is CCNC(=NCCS(=O)(=O)c1ccccc1)N1CCSC(C)(C)C1. The molecule has 0 radical (unpaired) electrons. The number of benzene rings is 1. The summed E-state index contributed by atoms with van der Waals surface area (Å²) in [6.45, 7) is 9.37. The molecule has 1 aromatic carbocycles. The normalized spacial score (nSPS) is 18.5. The maximum absolute atomic E-state index is 12.3. The number of nitrogens with zero attached hydrogens (tertiary/aromatic N) is 2. The first-order chi connectivity index (χ1) is 11.3. The summed E-state index contributed by atoms with van der Waals surface area (Å²) in [6, 6.07) is 8.57. The minimum absolute atomic E-state index is 0.0257. The van der Waals surface area contributed by atoms with Crippen molar-refractivity contribution in [3.63, 3.8) is 0 Å². The van der Waals surface area contributed by atoms with E-state index >= 15 is 0 Å². The molecular weight excluding hydrogens is 342 g/mol. The average molecular weight is 370 g/mol. The standard InChI is InChI=1S/C17H27N3O2S2/c1-4-18-16(20-11-12-23-17(2,3)14-20)19-10-13-24(21,22)15-8-6-5-7-9-15/h5-9H,4,10-14H2,1-3H3,(H,18,19). The number of guanidine groups is 1. The molecule has 134 valence electrons. The Morgan fingerprint density at radius 1 is 1.33 bits per heavy atom. The van der Waals surface area contributed by atoms with E-state index in [0.717, 1.165) is 31.3 Å². The lowest BCUT2D eigenvalue weighted by molar-refractivity contribution is 0.376. The highest BCUT2D eigenvalue weighted by Crippen LogP contribution is 2.29. The molecule has 1 aliphatic heterocycles. The molecule has 5 nitrogen and oxygen atoms in total. The summed E-state index contributed by atoms with van der Waals surface area (Å²) < 4.78 is 24.9. The number of nitrogens with one attached hydrogen (secondary N) is 1. The van der Waals surface area contributed by atoms with Crippen LogP contribution in [0, 0.1) is 0 Å². The van der Waals surface area contributed by atoms with E-state index in [9.17, 15) is 8.42 Å². The van der Waals surface area contributed by atoms with Crippen LogP contribution in [0.3, 0.4) is 0 Å². The first kappa shape index (κ1) is 19.1. The van der Waals surface area contributed by atoms with Crippen LogP contribution in [-0.4, -0.2) is 61.7 Å². The van der Waals surface area contributed by atoms with E-state index in [0.29, 0.717) is 4.90 Å². The summed E-state index contributed by atoms with van der Waals surface area (Å²) in [5, 5.41) is 3.29. The van der Waals surface area contributed by atoms with Crippen LogP contribution in [0.1, 0.15) is 20.8 Å². The van der Waals surface area contributed by atoms with Gasteiger partial charge in [0.05, 0.1) is 17.2 Å². The van der Waals surface area contributed by atoms with Gasteiger partial charge in [0.1, 0.15) is 0 Å². The van der Waals surface area contributed by atoms with Crippen molar-refractivity contribution in [3.05, 3.63) is 30.3 Å². The van der Waals surface area contributed by atoms with Gasteiger partial charge in [-0.05, 0) is 32.9 Å². The summed E-state index contributed by atoms with van der Waals surface area (Å²) in [5.41, 5.74) is 0. The minimum atomic E-state index is -3.28. The highest BCUT2D eigenvalue weighted by molar-refractivity contribution is 8.00. The van der Waals surface area contributed by atoms with Crippen LogP contribution in [0.5, 0.6) is 0 Å². The Morgan fingerprint density at radius 3 is 2.67 bits per heavy atom. The van der Waals surface area contributed by atoms with Crippen molar-refractivity contribution in [2.45, 2.75) is 30.4 Å². The fourth-order valence-electron chi connectivity index (χ4n) is 2.64. The molecule has 1 aromatic rings. The summed E-state index contributed by atoms with van der Waals surface area (Å²) in [6.07, 6.45) is 0. The molecule has 0 amide bonds. The number of hydrogen-bond acceptors (Lipinski definition) is 4. The van der Waals surface area contributed by atoms with E-state index in [1.54, 1.807) is 24.3 Å². The van der Waals surface area contributed by atoms with Gasteiger partial charge in [0, 0.05) is 30.1 Å². The van der Waals surface area contributed by atoms with Gasteiger partial charge in [0.15, 0.2) is 15.8 Å². The number of rotatable bonds is 5. The van der Waals surface area contributed by atoms with Crippen molar-refractivity contribution in [2.24, 2.45) is 4.99 Å². The van der Waals surface area contributed by atoms with Crippen LogP contribution in [0.15, 0.2) is 40.2 Å². The predicted molar refractivity (Wildman–Crippen MR) is 103 cm³/mol. The molecule has 24 heavy (non-hydrogen) atoms. The van der Waals surface area contributed by atoms with Gasteiger partial charge in [0.2, 0.25) is 0 Å². The van der Waals surface area contributed by atoms with Gasteiger partial charge in [-0.25, -0.2) is 8.42 Å². The van der Waals surface area contributed by atoms with Gasteiger partial charge in [-0.15, -0.1) is 0 Å². The lowest BCUT2D eigenvalue weighted by atomic mass is 10.2. The zero-order valence-electron chi connectivity index (χ0n) is 14.7. The molecule has 1 N–H and O–H groups in total. The first-order valence-electron chi connectivity index (χ1n) is 8.29. The molecule has 1 aliphatic rings. The van der Waals surface area contributed by atoms with Crippen LogP contribution in [0.4, 0.5) is 0 Å². The monoisotopic (exact) mass is 369 g/mol. The Bertz CT molecular complexity index is 658. The van der Waals surface area contributed by atoms with Gasteiger partial charge in [-0.1, -0.05) is 18.2 Å². The molecule has 0 unspecified atom stereocenters. The Labute approximate surface area is 149 Å². The summed E-state index contributed by atoms with van der Waals surface area (Å²) in [4.78, 5) is 7.15. The maximum atomic E-state index is 12.3. The molecule has 1 heterocycles. The lowest BCUT2D eigenvalue weighted by Gasteiger charge is -2.39. The number of aliphatic imine (C=N–C) groups is 1. The fourth-order valence-corrected chi connectivity index (χ4v) is 4.89. The van der Waals surface area contributed by atoms with Crippen molar-refractivity contribution in [1.82, 2.24) is 10.2 Å². The number of thioether (sulfide) groups is 1. The largest absolute Gasteiger partial charge is 0.357 e. The Kier molecular flexibility index (Phi) is 6.57. The van der Waals surface area contributed by atoms with Crippen LogP contribution in [-0.2, 0) is 9.84 Å². The van der Waals surface area contributed by atoms with Crippen molar-refractivity contribution < 1.29 is 8.42 Å². The van der Waals surface area contributed by atoms with E-state index in [-0.39, 0.29) is 17.0 Å². The Balaban J connectivity index is 2.03. The zero-order valence-corrected chi connectivity index (χ0v) is 16.3. The second-order valence-corrected chi connectivity index (χ2v) is 10.3. The average Bonchev–Trinajstić information content (AvgIpc) is 2.54. The third kappa shape index (κ3) is 5.41. The lowest BCUT2D eigenvalue weighted by Crippen LogP contribution is -2.51. The van der Waals surface area contributed by atoms with Gasteiger partial charge in [-0.2, -0.15) is 11.8 Å². The summed E-state index contributed by atoms with van der Waals surface area (Å²) in [5.74, 6) is 1.89. The molecule has 0 atom stereocenters. The quantitative estimate of drug-likeness (QED) is 0.637. The van der Waals surface area contributed by atoms with Crippen molar-refractivity contribution in [2.75, 3.05) is 37.7 Å². The molecule has 0 aliphatic carbocycles. The first-order valence-corrected chi connectivity index (χ1v) is 10.9. The minimum Gasteiger partial charge on any atom is -0.357 e. The Hall–Kier alpha value is -1.21. The summed E-state index contributed by atoms with van der Waals surface area (Å²) in [7, 11) is -3.28. The summed E-state index contributed by atoms with van der Waals surface area (Å²) >= 11 is 1.96. The van der Waals surface area contributed by atoms with E-state index in [1.807, 2.05) is 24.8 Å². The van der Waals surface area contributed by atoms with Gasteiger partial charge in [0.25, 0.3) is 0 Å². The van der Waals surface area contributed by atoms with E-state index in [4.69, 9.17) is 0 Å². The highest BCUT2D eigenvalue weighted by atomic mass is 32.2. The molecule has 2 rings (SSSR count). The second-order valence-electron chi connectivity index (χ2n) is 6.40. The van der Waals surface area contributed by atoms with E-state index < -0.39 is 9.84 Å². The van der Waals surface area contributed by atoms with Crippen molar-refractivity contribution in [1.29, 1.82) is 0 Å². The zero-order chi connectivity index (χ0) is 17.6. The van der Waals surface area contributed by atoms with Crippen molar-refractivity contribution in [3.8, 4) is 0 Å². The highest BCUT2D eigenvalue weighted by Gasteiger charge is 2.28. The van der Waals surface area contributed by atoms with Crippen LogP contribution in [0.2, 0.25) is 0 Å². The van der Waals surface area contributed by atoms with Crippen molar-refractivity contribution >= 4 is 27.6 Å². The molecule has 0 saturated carbocycles. The van der Waals surface area contributed by atoms with Crippen LogP contribution >= 0.6 is 11.8 Å². The smallest absolute Gasteiger partial charge is 0.194 e. The van der Waals surface area contributed by atoms with Gasteiger partial charge in [-0.3, -0.25) is 4.99 Å². The van der Waals surface area contributed by atoms with Gasteiger partial charge >= 0.3 is 0 Å².